The Morgan fingerprint density at radius 1 is 1.29 bits per heavy atom. The molecule has 11 heteroatoms. The third-order valence-corrected chi connectivity index (χ3v) is 5.03. The van der Waals surface area contributed by atoms with Gasteiger partial charge in [0.25, 0.3) is 0 Å². The van der Waals surface area contributed by atoms with Crippen LogP contribution >= 0.6 is 46.9 Å². The molecule has 2 heterocycles. The Hall–Kier alpha value is -1.53. The first-order chi connectivity index (χ1) is 13.0. The van der Waals surface area contributed by atoms with Crippen LogP contribution in [0.4, 0.5) is 8.78 Å². The van der Waals surface area contributed by atoms with Crippen molar-refractivity contribution >= 4 is 52.9 Å². The Kier molecular flexibility index (Phi) is 8.83. The van der Waals surface area contributed by atoms with E-state index in [-0.39, 0.29) is 43.1 Å². The van der Waals surface area contributed by atoms with Crippen molar-refractivity contribution in [2.24, 2.45) is 4.99 Å². The quantitative estimate of drug-likeness (QED) is 0.309. The number of benzene rings is 1. The Morgan fingerprint density at radius 2 is 2.04 bits per heavy atom. The van der Waals surface area contributed by atoms with Gasteiger partial charge in [0.1, 0.15) is 5.75 Å². The van der Waals surface area contributed by atoms with Gasteiger partial charge in [0.05, 0.1) is 4.34 Å². The molecule has 2 N–H and O–H groups in total. The van der Waals surface area contributed by atoms with Crippen molar-refractivity contribution in [3.63, 3.8) is 0 Å². The number of hydrogen-bond donors (Lipinski definition) is 2. The molecular weight excluding hydrogens is 527 g/mol. The number of alkyl halides is 2. The third-order valence-electron chi connectivity index (χ3n) is 3.73. The number of nitrogens with zero attached hydrogens (tertiary/aromatic N) is 1. The van der Waals surface area contributed by atoms with Gasteiger partial charge in [-0.25, -0.2) is 0 Å². The molecule has 0 aliphatic carbocycles. The number of hydrogen-bond acceptors (Lipinski definition) is 5. The van der Waals surface area contributed by atoms with E-state index >= 15 is 0 Å². The minimum absolute atomic E-state index is 0. The van der Waals surface area contributed by atoms with Gasteiger partial charge >= 0.3 is 6.61 Å². The van der Waals surface area contributed by atoms with Crippen LogP contribution in [0.3, 0.4) is 0 Å². The summed E-state index contributed by atoms with van der Waals surface area (Å²) in [6.07, 6.45) is 0.794. The lowest BCUT2D eigenvalue weighted by atomic mass is 10.1. The Bertz CT molecular complexity index is 823. The lowest BCUT2D eigenvalue weighted by molar-refractivity contribution is -0.0505. The van der Waals surface area contributed by atoms with Crippen LogP contribution in [0.1, 0.15) is 10.4 Å². The van der Waals surface area contributed by atoms with Crippen molar-refractivity contribution in [1.29, 1.82) is 0 Å². The summed E-state index contributed by atoms with van der Waals surface area (Å²) in [6, 6.07) is 6.86. The molecule has 2 aromatic rings. The largest absolute Gasteiger partial charge is 0.454 e. The average molecular weight is 546 g/mol. The van der Waals surface area contributed by atoms with E-state index in [1.807, 2.05) is 12.1 Å². The van der Waals surface area contributed by atoms with Gasteiger partial charge in [-0.05, 0) is 24.6 Å². The molecule has 1 aromatic heterocycles. The number of nitrogens with one attached hydrogen (secondary N) is 2. The van der Waals surface area contributed by atoms with Crippen molar-refractivity contribution < 1.29 is 23.0 Å². The zero-order chi connectivity index (χ0) is 19.2. The average Bonchev–Trinajstić information content (AvgIpc) is 3.25. The van der Waals surface area contributed by atoms with Gasteiger partial charge in [-0.3, -0.25) is 4.99 Å². The van der Waals surface area contributed by atoms with Gasteiger partial charge < -0.3 is 24.8 Å². The van der Waals surface area contributed by atoms with Crippen LogP contribution < -0.4 is 24.8 Å². The molecule has 6 nitrogen and oxygen atoms in total. The van der Waals surface area contributed by atoms with Gasteiger partial charge in [-0.2, -0.15) is 8.78 Å². The Labute approximate surface area is 187 Å². The smallest absolute Gasteiger partial charge is 0.387 e. The SMILES string of the molecule is CN=C(NCCc1ccc(Cl)s1)NCc1cc2c(cc1OC(F)F)OCO2.I. The summed E-state index contributed by atoms with van der Waals surface area (Å²) < 4.78 is 41.2. The first-order valence-electron chi connectivity index (χ1n) is 8.11. The Balaban J connectivity index is 0.00000280. The molecule has 0 bridgehead atoms. The number of aliphatic imine (C=N–C) groups is 1. The predicted molar refractivity (Wildman–Crippen MR) is 116 cm³/mol. The van der Waals surface area contributed by atoms with Gasteiger partial charge in [0.2, 0.25) is 6.79 Å². The maximum absolute atomic E-state index is 12.7. The molecule has 0 atom stereocenters. The molecular formula is C17H19ClF2IN3O3S. The van der Waals surface area contributed by atoms with Gasteiger partial charge in [0, 0.05) is 36.6 Å². The molecule has 0 spiro atoms. The topological polar surface area (TPSA) is 64.1 Å². The lowest BCUT2D eigenvalue weighted by Gasteiger charge is -2.15. The molecule has 0 saturated carbocycles. The second-order valence-electron chi connectivity index (χ2n) is 5.50. The first-order valence-corrected chi connectivity index (χ1v) is 9.30. The molecule has 3 rings (SSSR count). The summed E-state index contributed by atoms with van der Waals surface area (Å²) in [7, 11) is 1.63. The summed E-state index contributed by atoms with van der Waals surface area (Å²) >= 11 is 7.44. The van der Waals surface area contributed by atoms with Gasteiger partial charge in [-0.15, -0.1) is 35.3 Å². The second-order valence-corrected chi connectivity index (χ2v) is 7.30. The van der Waals surface area contributed by atoms with Gasteiger partial charge in [0.15, 0.2) is 17.5 Å². The number of thiophene rings is 1. The normalized spacial score (nSPS) is 12.7. The molecule has 1 aliphatic rings. The van der Waals surface area contributed by atoms with Crippen molar-refractivity contribution in [2.75, 3.05) is 20.4 Å². The fraction of sp³-hybridized carbons (Fsp3) is 0.353. The summed E-state index contributed by atoms with van der Waals surface area (Å²) in [6.45, 7) is -2.00. The zero-order valence-corrected chi connectivity index (χ0v) is 18.7. The van der Waals surface area contributed by atoms with E-state index in [0.29, 0.717) is 29.6 Å². The minimum Gasteiger partial charge on any atom is -0.454 e. The van der Waals surface area contributed by atoms with E-state index in [1.54, 1.807) is 13.1 Å². The lowest BCUT2D eigenvalue weighted by Crippen LogP contribution is -2.37. The summed E-state index contributed by atoms with van der Waals surface area (Å²) in [5.74, 6) is 1.45. The van der Waals surface area contributed by atoms with E-state index < -0.39 is 6.61 Å². The summed E-state index contributed by atoms with van der Waals surface area (Å²) in [5.41, 5.74) is 0.507. The highest BCUT2D eigenvalue weighted by Crippen LogP contribution is 2.38. The van der Waals surface area contributed by atoms with Crippen molar-refractivity contribution in [1.82, 2.24) is 10.6 Å². The van der Waals surface area contributed by atoms with Crippen LogP contribution in [0.25, 0.3) is 0 Å². The standard InChI is InChI=1S/C17H18ClF2N3O3S.HI/c1-21-17(22-5-4-11-2-3-15(18)27-11)23-8-10-6-13-14(25-9-24-13)7-12(10)26-16(19)20;/h2-3,6-7,16H,4-5,8-9H2,1H3,(H2,21,22,23);1H. The van der Waals surface area contributed by atoms with Crippen LogP contribution in [0.15, 0.2) is 29.3 Å². The summed E-state index contributed by atoms with van der Waals surface area (Å²) in [5, 5.41) is 6.24. The molecule has 28 heavy (non-hydrogen) atoms. The van der Waals surface area contributed by atoms with Crippen LogP contribution in [-0.2, 0) is 13.0 Å². The van der Waals surface area contributed by atoms with Crippen LogP contribution in [0, 0.1) is 0 Å². The number of halogens is 4. The van der Waals surface area contributed by atoms with E-state index in [1.165, 1.54) is 17.4 Å². The third kappa shape index (κ3) is 6.24. The Morgan fingerprint density at radius 3 is 2.68 bits per heavy atom. The van der Waals surface area contributed by atoms with Crippen molar-refractivity contribution in [2.45, 2.75) is 19.6 Å². The van der Waals surface area contributed by atoms with E-state index in [4.69, 9.17) is 21.1 Å². The van der Waals surface area contributed by atoms with Crippen LogP contribution in [0.5, 0.6) is 17.2 Å². The molecule has 1 aromatic carbocycles. The second kappa shape index (κ2) is 10.9. The number of rotatable bonds is 7. The van der Waals surface area contributed by atoms with Crippen molar-refractivity contribution in [3.05, 3.63) is 39.0 Å². The predicted octanol–water partition coefficient (Wildman–Crippen LogP) is 4.26. The molecule has 0 unspecified atom stereocenters. The molecule has 154 valence electrons. The van der Waals surface area contributed by atoms with Crippen LogP contribution in [0.2, 0.25) is 4.34 Å². The maximum Gasteiger partial charge on any atom is 0.387 e. The first kappa shape index (κ1) is 22.8. The van der Waals surface area contributed by atoms with E-state index in [9.17, 15) is 8.78 Å². The molecule has 0 amide bonds. The highest BCUT2D eigenvalue weighted by Gasteiger charge is 2.20. The molecule has 1 aliphatic heterocycles. The number of ether oxygens (including phenoxy) is 3. The van der Waals surface area contributed by atoms with E-state index in [0.717, 1.165) is 15.6 Å². The van der Waals surface area contributed by atoms with Crippen molar-refractivity contribution in [3.8, 4) is 17.2 Å². The highest BCUT2D eigenvalue weighted by molar-refractivity contribution is 14.0. The minimum atomic E-state index is -2.93. The van der Waals surface area contributed by atoms with Crippen LogP contribution in [-0.4, -0.2) is 33.0 Å². The van der Waals surface area contributed by atoms with E-state index in [2.05, 4.69) is 20.4 Å². The van der Waals surface area contributed by atoms with Gasteiger partial charge in [-0.1, -0.05) is 11.6 Å². The molecule has 0 radical (unpaired) electrons. The molecule has 0 saturated heterocycles. The fourth-order valence-electron chi connectivity index (χ4n) is 2.50. The number of guanidine groups is 1. The zero-order valence-electron chi connectivity index (χ0n) is 14.8. The molecule has 0 fully saturated rings. The number of fused-ring (bicyclic) bond motifs is 1. The monoisotopic (exact) mass is 545 g/mol. The fourth-order valence-corrected chi connectivity index (χ4v) is 3.59. The summed E-state index contributed by atoms with van der Waals surface area (Å²) in [4.78, 5) is 5.29. The maximum atomic E-state index is 12.7. The highest BCUT2D eigenvalue weighted by atomic mass is 127.